The van der Waals surface area contributed by atoms with E-state index in [1.165, 1.54) is 0 Å². The van der Waals surface area contributed by atoms with Gasteiger partial charge in [0, 0.05) is 0 Å². The summed E-state index contributed by atoms with van der Waals surface area (Å²) in [6.07, 6.45) is 6.84. The minimum absolute atomic E-state index is 0.491. The van der Waals surface area contributed by atoms with Crippen molar-refractivity contribution in [3.8, 4) is 0 Å². The van der Waals surface area contributed by atoms with Crippen LogP contribution in [0.1, 0.15) is 39.0 Å². The Hall–Kier alpha value is -2.92. The number of primary amides is 2. The summed E-state index contributed by atoms with van der Waals surface area (Å²) >= 11 is 0. The fourth-order valence-corrected chi connectivity index (χ4v) is 1.20. The van der Waals surface area contributed by atoms with E-state index in [2.05, 4.69) is 6.92 Å². The molecular formula is C12H21N5O5. The highest BCUT2D eigenvalue weighted by atomic mass is 16.2. The van der Waals surface area contributed by atoms with Gasteiger partial charge in [-0.15, -0.1) is 0 Å². The molecule has 0 spiro atoms. The molecule has 0 aromatic heterocycles. The van der Waals surface area contributed by atoms with Crippen LogP contribution in [0.5, 0.6) is 0 Å². The van der Waals surface area contributed by atoms with E-state index in [0.717, 1.165) is 43.9 Å². The highest BCUT2D eigenvalue weighted by Crippen LogP contribution is 2.10. The van der Waals surface area contributed by atoms with Crippen LogP contribution in [0, 0.1) is 22.1 Å². The Labute approximate surface area is 127 Å². The Morgan fingerprint density at radius 3 is 1.41 bits per heavy atom. The second kappa shape index (κ2) is 26.6. The van der Waals surface area contributed by atoms with Crippen molar-refractivity contribution in [3.63, 3.8) is 0 Å². The molecule has 2 amide bonds. The fourth-order valence-electron chi connectivity index (χ4n) is 1.20. The molecule has 0 aromatic carbocycles. The van der Waals surface area contributed by atoms with E-state index >= 15 is 0 Å². The summed E-state index contributed by atoms with van der Waals surface area (Å²) in [7, 11) is 0. The maximum absolute atomic E-state index is 10.7. The van der Waals surface area contributed by atoms with Crippen molar-refractivity contribution >= 4 is 30.1 Å². The van der Waals surface area contributed by atoms with Gasteiger partial charge in [-0.25, -0.2) is 30.6 Å². The van der Waals surface area contributed by atoms with Crippen LogP contribution < -0.4 is 11.5 Å². The molecule has 0 saturated heterocycles. The number of nitrogens with one attached hydrogen (secondary N) is 3. The van der Waals surface area contributed by atoms with Gasteiger partial charge in [-0.2, -0.15) is 0 Å². The minimum Gasteiger partial charge on any atom is -0.369 e. The predicted molar refractivity (Wildman–Crippen MR) is 75.9 cm³/mol. The standard InChI is InChI=1S/C9H18N2O2.3CHNO/c1-2-3-4-5-6-7(8(10)12)9(11)13;3*2-1-3/h7H,2-6H2,1H3,(H2,10,12)(H2,11,13);3*2H. The van der Waals surface area contributed by atoms with Gasteiger partial charge >= 0.3 is 0 Å². The quantitative estimate of drug-likeness (QED) is 0.193. The van der Waals surface area contributed by atoms with E-state index in [9.17, 15) is 9.59 Å². The molecule has 0 heterocycles. The van der Waals surface area contributed by atoms with E-state index < -0.39 is 17.7 Å². The lowest BCUT2D eigenvalue weighted by Crippen LogP contribution is -2.34. The molecule has 0 unspecified atom stereocenters. The molecule has 0 atom stereocenters. The van der Waals surface area contributed by atoms with Crippen LogP contribution in [-0.4, -0.2) is 30.1 Å². The molecule has 124 valence electrons. The summed E-state index contributed by atoms with van der Waals surface area (Å²) in [4.78, 5) is 46.5. The lowest BCUT2D eigenvalue weighted by atomic mass is 10.00. The number of nitrogens with two attached hydrogens (primary N) is 2. The summed E-state index contributed by atoms with van der Waals surface area (Å²) in [5.74, 6) is -2.00. The van der Waals surface area contributed by atoms with Crippen molar-refractivity contribution in [3.05, 3.63) is 0 Å². The molecule has 0 aliphatic heterocycles. The topological polar surface area (TPSA) is 209 Å². The third kappa shape index (κ3) is 36.0. The number of amides is 2. The van der Waals surface area contributed by atoms with Crippen LogP contribution in [0.15, 0.2) is 0 Å². The largest absolute Gasteiger partial charge is 0.369 e. The molecule has 10 heteroatoms. The Bertz CT molecular complexity index is 350. The summed E-state index contributed by atoms with van der Waals surface area (Å²) in [6, 6.07) is 0. The molecule has 0 aliphatic carbocycles. The molecule has 0 saturated carbocycles. The van der Waals surface area contributed by atoms with Gasteiger partial charge < -0.3 is 11.5 Å². The van der Waals surface area contributed by atoms with Crippen molar-refractivity contribution in [1.82, 2.24) is 0 Å². The zero-order valence-electron chi connectivity index (χ0n) is 12.3. The van der Waals surface area contributed by atoms with Gasteiger partial charge in [0.15, 0.2) is 0 Å². The van der Waals surface area contributed by atoms with E-state index in [4.69, 9.17) is 42.1 Å². The van der Waals surface area contributed by atoms with Gasteiger partial charge in [-0.05, 0) is 6.42 Å². The summed E-state index contributed by atoms with van der Waals surface area (Å²) in [5.41, 5.74) is 10.0. The SMILES string of the molecule is CCCCCCC(C(N)=O)C(N)=O.N=C=O.N=C=O.N=C=O. The summed E-state index contributed by atoms with van der Waals surface area (Å²) in [6.45, 7) is 2.10. The molecule has 0 aromatic rings. The monoisotopic (exact) mass is 315 g/mol. The first kappa shape index (κ1) is 27.4. The third-order valence-electron chi connectivity index (χ3n) is 2.03. The molecule has 10 nitrogen and oxygen atoms in total. The van der Waals surface area contributed by atoms with Crippen LogP contribution in [0.2, 0.25) is 0 Å². The van der Waals surface area contributed by atoms with Crippen molar-refractivity contribution in [1.29, 1.82) is 16.2 Å². The lowest BCUT2D eigenvalue weighted by molar-refractivity contribution is -0.131. The van der Waals surface area contributed by atoms with Crippen molar-refractivity contribution < 1.29 is 24.0 Å². The third-order valence-corrected chi connectivity index (χ3v) is 2.03. The number of rotatable bonds is 7. The first-order chi connectivity index (χ1) is 10.3. The molecular weight excluding hydrogens is 294 g/mol. The average molecular weight is 315 g/mol. The van der Waals surface area contributed by atoms with Crippen LogP contribution in [0.3, 0.4) is 0 Å². The van der Waals surface area contributed by atoms with Crippen LogP contribution in [-0.2, 0) is 24.0 Å². The van der Waals surface area contributed by atoms with Gasteiger partial charge in [-0.3, -0.25) is 9.59 Å². The number of hydrogen-bond donors (Lipinski definition) is 5. The van der Waals surface area contributed by atoms with Crippen LogP contribution in [0.25, 0.3) is 0 Å². The summed E-state index contributed by atoms with van der Waals surface area (Å²) < 4.78 is 0. The van der Waals surface area contributed by atoms with Gasteiger partial charge in [0.2, 0.25) is 30.1 Å². The first-order valence-corrected chi connectivity index (χ1v) is 6.04. The van der Waals surface area contributed by atoms with E-state index in [-0.39, 0.29) is 0 Å². The average Bonchev–Trinajstić information content (AvgIpc) is 2.40. The summed E-state index contributed by atoms with van der Waals surface area (Å²) in [5, 5.41) is 16.2. The fraction of sp³-hybridized carbons (Fsp3) is 0.583. The molecule has 0 rings (SSSR count). The molecule has 0 aliphatic rings. The number of isocyanates is 3. The highest BCUT2D eigenvalue weighted by molar-refractivity contribution is 5.98. The van der Waals surface area contributed by atoms with E-state index in [1.807, 2.05) is 0 Å². The molecule has 7 N–H and O–H groups in total. The van der Waals surface area contributed by atoms with Crippen LogP contribution >= 0.6 is 0 Å². The van der Waals surface area contributed by atoms with Gasteiger partial charge in [0.25, 0.3) is 0 Å². The maximum Gasteiger partial charge on any atom is 0.231 e. The lowest BCUT2D eigenvalue weighted by Gasteiger charge is -2.07. The normalized spacial score (nSPS) is 7.18. The smallest absolute Gasteiger partial charge is 0.231 e. The minimum atomic E-state index is -0.781. The Balaban J connectivity index is -0.000000148. The second-order valence-electron chi connectivity index (χ2n) is 3.51. The number of unbranched alkanes of at least 4 members (excludes halogenated alkanes) is 3. The predicted octanol–water partition coefficient (Wildman–Crippen LogP) is 0.247. The van der Waals surface area contributed by atoms with Gasteiger partial charge in [-0.1, -0.05) is 32.6 Å². The molecule has 22 heavy (non-hydrogen) atoms. The van der Waals surface area contributed by atoms with Crippen LogP contribution in [0.4, 0.5) is 0 Å². The zero-order valence-corrected chi connectivity index (χ0v) is 12.3. The van der Waals surface area contributed by atoms with Crippen molar-refractivity contribution in [2.24, 2.45) is 17.4 Å². The number of carbonyl (C=O) groups is 2. The van der Waals surface area contributed by atoms with Crippen molar-refractivity contribution in [2.75, 3.05) is 0 Å². The number of hydrogen-bond acceptors (Lipinski definition) is 8. The Kier molecular flexibility index (Phi) is 33.2. The molecule has 0 bridgehead atoms. The van der Waals surface area contributed by atoms with E-state index in [0.29, 0.717) is 6.42 Å². The maximum atomic E-state index is 10.7. The Morgan fingerprint density at radius 2 is 1.18 bits per heavy atom. The molecule has 0 radical (unpaired) electrons. The molecule has 0 fully saturated rings. The van der Waals surface area contributed by atoms with Gasteiger partial charge in [0.05, 0.1) is 0 Å². The second-order valence-corrected chi connectivity index (χ2v) is 3.51. The first-order valence-electron chi connectivity index (χ1n) is 6.04. The zero-order chi connectivity index (χ0) is 18.4. The Morgan fingerprint density at radius 1 is 0.864 bits per heavy atom. The van der Waals surface area contributed by atoms with Gasteiger partial charge in [0.1, 0.15) is 5.92 Å². The van der Waals surface area contributed by atoms with E-state index in [1.54, 1.807) is 0 Å². The number of carbonyl (C=O) groups excluding carboxylic acids is 5. The van der Waals surface area contributed by atoms with Crippen molar-refractivity contribution in [2.45, 2.75) is 39.0 Å². The highest BCUT2D eigenvalue weighted by Gasteiger charge is 2.20.